The molecule has 1 unspecified atom stereocenters. The third-order valence-electron chi connectivity index (χ3n) is 3.67. The fourth-order valence-electron chi connectivity index (χ4n) is 1.79. The van der Waals surface area contributed by atoms with Crippen molar-refractivity contribution in [3.05, 3.63) is 24.3 Å². The maximum Gasteiger partial charge on any atom is 0.222 e. The second-order valence-corrected chi connectivity index (χ2v) is 6.10. The summed E-state index contributed by atoms with van der Waals surface area (Å²) in [4.78, 5) is 8.55. The largest absolute Gasteiger partial charge is 0.369 e. The number of para-hydroxylation sites is 1. The van der Waals surface area contributed by atoms with Gasteiger partial charge in [-0.05, 0) is 23.5 Å². The Kier molecular flexibility index (Phi) is 3.60. The molecule has 0 saturated heterocycles. The summed E-state index contributed by atoms with van der Waals surface area (Å²) in [5, 5.41) is 4.42. The van der Waals surface area contributed by atoms with Gasteiger partial charge < -0.3 is 11.1 Å². The number of nitrogens with one attached hydrogen (secondary N) is 1. The van der Waals surface area contributed by atoms with E-state index in [-0.39, 0.29) is 5.41 Å². The summed E-state index contributed by atoms with van der Waals surface area (Å²) in [5.74, 6) is 1.66. The highest BCUT2D eigenvalue weighted by atomic mass is 15.1. The van der Waals surface area contributed by atoms with E-state index in [2.05, 4.69) is 43.0 Å². The first-order chi connectivity index (χ1) is 8.88. The normalized spacial score (nSPS) is 13.5. The number of aromatic nitrogens is 2. The summed E-state index contributed by atoms with van der Waals surface area (Å²) in [7, 11) is 0. The lowest BCUT2D eigenvalue weighted by molar-refractivity contribution is 0.274. The molecule has 0 bridgehead atoms. The van der Waals surface area contributed by atoms with Crippen molar-refractivity contribution < 1.29 is 0 Å². The lowest BCUT2D eigenvalue weighted by atomic mass is 9.82. The first-order valence-electron chi connectivity index (χ1n) is 6.64. The molecule has 1 atom stereocenters. The fourth-order valence-corrected chi connectivity index (χ4v) is 1.79. The van der Waals surface area contributed by atoms with E-state index in [9.17, 15) is 0 Å². The van der Waals surface area contributed by atoms with Crippen molar-refractivity contribution in [3.63, 3.8) is 0 Å². The molecular formula is C15H22N4. The predicted molar refractivity (Wildman–Crippen MR) is 81.1 cm³/mol. The zero-order valence-electron chi connectivity index (χ0n) is 12.1. The van der Waals surface area contributed by atoms with E-state index in [1.807, 2.05) is 24.3 Å². The molecule has 1 aromatic heterocycles. The second kappa shape index (κ2) is 5.03. The number of fused-ring (bicyclic) bond motifs is 1. The highest BCUT2D eigenvalue weighted by Gasteiger charge is 2.20. The molecule has 2 aromatic rings. The van der Waals surface area contributed by atoms with Gasteiger partial charge in [-0.2, -0.15) is 4.98 Å². The minimum Gasteiger partial charge on any atom is -0.369 e. The molecule has 0 aliphatic heterocycles. The van der Waals surface area contributed by atoms with Gasteiger partial charge in [0.2, 0.25) is 5.95 Å². The molecule has 0 aliphatic rings. The molecule has 4 nitrogen and oxygen atoms in total. The highest BCUT2D eigenvalue weighted by Crippen LogP contribution is 2.27. The first-order valence-corrected chi connectivity index (χ1v) is 6.64. The maximum atomic E-state index is 5.75. The second-order valence-electron chi connectivity index (χ2n) is 6.10. The zero-order chi connectivity index (χ0) is 14.0. The van der Waals surface area contributed by atoms with Gasteiger partial charge in [-0.25, -0.2) is 4.98 Å². The molecule has 0 spiro atoms. The number of nitrogens with two attached hydrogens (primary N) is 1. The van der Waals surface area contributed by atoms with Gasteiger partial charge >= 0.3 is 0 Å². The highest BCUT2D eigenvalue weighted by molar-refractivity contribution is 5.89. The van der Waals surface area contributed by atoms with Crippen LogP contribution in [0.25, 0.3) is 10.9 Å². The smallest absolute Gasteiger partial charge is 0.222 e. The molecule has 0 aliphatic carbocycles. The Balaban J connectivity index is 2.25. The molecular weight excluding hydrogens is 236 g/mol. The van der Waals surface area contributed by atoms with E-state index in [1.165, 1.54) is 0 Å². The number of benzene rings is 1. The van der Waals surface area contributed by atoms with E-state index in [0.717, 1.165) is 23.3 Å². The molecule has 19 heavy (non-hydrogen) atoms. The molecule has 3 N–H and O–H groups in total. The molecule has 0 fully saturated rings. The van der Waals surface area contributed by atoms with Gasteiger partial charge in [0.1, 0.15) is 5.82 Å². The lowest BCUT2D eigenvalue weighted by Gasteiger charge is -2.27. The quantitative estimate of drug-likeness (QED) is 0.886. The van der Waals surface area contributed by atoms with Crippen molar-refractivity contribution in [2.75, 3.05) is 17.6 Å². The monoisotopic (exact) mass is 258 g/mol. The van der Waals surface area contributed by atoms with Crippen LogP contribution in [0, 0.1) is 11.3 Å². The minimum absolute atomic E-state index is 0.265. The van der Waals surface area contributed by atoms with Crippen LogP contribution >= 0.6 is 0 Å². The SMILES string of the molecule is CC(CNc1nc(N)nc2ccccc12)C(C)(C)C. The van der Waals surface area contributed by atoms with E-state index >= 15 is 0 Å². The first kappa shape index (κ1) is 13.6. The molecule has 4 heteroatoms. The van der Waals surface area contributed by atoms with Gasteiger partial charge in [0, 0.05) is 11.9 Å². The van der Waals surface area contributed by atoms with Crippen molar-refractivity contribution in [1.82, 2.24) is 9.97 Å². The number of nitrogen functional groups attached to an aromatic ring is 1. The number of anilines is 2. The van der Waals surface area contributed by atoms with Crippen LogP contribution in [0.4, 0.5) is 11.8 Å². The van der Waals surface area contributed by atoms with E-state index in [4.69, 9.17) is 5.73 Å². The van der Waals surface area contributed by atoms with Crippen LogP contribution in [0.15, 0.2) is 24.3 Å². The van der Waals surface area contributed by atoms with Gasteiger partial charge in [0.05, 0.1) is 5.52 Å². The zero-order valence-corrected chi connectivity index (χ0v) is 12.1. The minimum atomic E-state index is 0.265. The van der Waals surface area contributed by atoms with Gasteiger partial charge in [-0.1, -0.05) is 39.8 Å². The average molecular weight is 258 g/mol. The Morgan fingerprint density at radius 2 is 1.89 bits per heavy atom. The number of nitrogens with zero attached hydrogens (tertiary/aromatic N) is 2. The Hall–Kier alpha value is -1.84. The Bertz CT molecular complexity index is 572. The van der Waals surface area contributed by atoms with Crippen LogP contribution in [0.3, 0.4) is 0 Å². The summed E-state index contributed by atoms with van der Waals surface area (Å²) < 4.78 is 0. The third-order valence-corrected chi connectivity index (χ3v) is 3.67. The van der Waals surface area contributed by atoms with E-state index < -0.39 is 0 Å². The van der Waals surface area contributed by atoms with Crippen molar-refractivity contribution >= 4 is 22.7 Å². The molecule has 1 aromatic carbocycles. The Morgan fingerprint density at radius 3 is 2.58 bits per heavy atom. The van der Waals surface area contributed by atoms with Crippen LogP contribution in [0.2, 0.25) is 0 Å². The van der Waals surface area contributed by atoms with Crippen LogP contribution in [-0.2, 0) is 0 Å². The standard InChI is InChI=1S/C15H22N4/c1-10(15(2,3)4)9-17-13-11-7-5-6-8-12(11)18-14(16)19-13/h5-8,10H,9H2,1-4H3,(H3,16,17,18,19). The number of hydrogen-bond donors (Lipinski definition) is 2. The summed E-state index contributed by atoms with van der Waals surface area (Å²) in [5.41, 5.74) is 6.90. The van der Waals surface area contributed by atoms with Crippen molar-refractivity contribution in [3.8, 4) is 0 Å². The fraction of sp³-hybridized carbons (Fsp3) is 0.467. The van der Waals surface area contributed by atoms with Crippen molar-refractivity contribution in [1.29, 1.82) is 0 Å². The molecule has 0 radical (unpaired) electrons. The number of rotatable bonds is 3. The molecule has 1 heterocycles. The Morgan fingerprint density at radius 1 is 1.21 bits per heavy atom. The summed E-state index contributed by atoms with van der Waals surface area (Å²) in [6.45, 7) is 9.83. The van der Waals surface area contributed by atoms with Crippen LogP contribution in [0.5, 0.6) is 0 Å². The molecule has 102 valence electrons. The number of hydrogen-bond acceptors (Lipinski definition) is 4. The summed E-state index contributed by atoms with van der Waals surface area (Å²) in [6, 6.07) is 7.90. The van der Waals surface area contributed by atoms with Crippen LogP contribution in [0.1, 0.15) is 27.7 Å². The van der Waals surface area contributed by atoms with Crippen LogP contribution in [-0.4, -0.2) is 16.5 Å². The third kappa shape index (κ3) is 3.13. The summed E-state index contributed by atoms with van der Waals surface area (Å²) >= 11 is 0. The van der Waals surface area contributed by atoms with Gasteiger partial charge in [0.15, 0.2) is 0 Å². The van der Waals surface area contributed by atoms with Crippen LogP contribution < -0.4 is 11.1 Å². The van der Waals surface area contributed by atoms with E-state index in [1.54, 1.807) is 0 Å². The summed E-state index contributed by atoms with van der Waals surface area (Å²) in [6.07, 6.45) is 0. The molecule has 2 rings (SSSR count). The van der Waals surface area contributed by atoms with E-state index in [0.29, 0.717) is 11.9 Å². The van der Waals surface area contributed by atoms with Gasteiger partial charge in [-0.15, -0.1) is 0 Å². The molecule has 0 saturated carbocycles. The average Bonchev–Trinajstić information content (AvgIpc) is 2.34. The Labute approximate surface area is 114 Å². The maximum absolute atomic E-state index is 5.75. The van der Waals surface area contributed by atoms with Crippen molar-refractivity contribution in [2.45, 2.75) is 27.7 Å². The lowest BCUT2D eigenvalue weighted by Crippen LogP contribution is -2.25. The van der Waals surface area contributed by atoms with Gasteiger partial charge in [-0.3, -0.25) is 0 Å². The molecule has 0 amide bonds. The van der Waals surface area contributed by atoms with Crippen molar-refractivity contribution in [2.24, 2.45) is 11.3 Å². The topological polar surface area (TPSA) is 63.8 Å². The van der Waals surface area contributed by atoms with Gasteiger partial charge in [0.25, 0.3) is 0 Å². The predicted octanol–water partition coefficient (Wildman–Crippen LogP) is 3.31.